The minimum atomic E-state index is -0.116. The molecule has 0 spiro atoms. The molecule has 1 saturated heterocycles. The number of hydrogen-bond acceptors (Lipinski definition) is 4. The quantitative estimate of drug-likeness (QED) is 0.823. The summed E-state index contributed by atoms with van der Waals surface area (Å²) in [5.74, 6) is 0. The Morgan fingerprint density at radius 3 is 2.74 bits per heavy atom. The summed E-state index contributed by atoms with van der Waals surface area (Å²) in [6.07, 6.45) is 3.22. The number of fused-ring (bicyclic) bond motifs is 1. The van der Waals surface area contributed by atoms with E-state index in [1.165, 1.54) is 5.06 Å². The first-order chi connectivity index (χ1) is 9.25. The highest BCUT2D eigenvalue weighted by atomic mass is 16.5. The number of aromatic nitrogens is 3. The third kappa shape index (κ3) is 2.69. The van der Waals surface area contributed by atoms with E-state index in [0.29, 0.717) is 18.7 Å². The molecule has 0 saturated carbocycles. The number of aromatic amines is 1. The van der Waals surface area contributed by atoms with Crippen molar-refractivity contribution in [3.63, 3.8) is 0 Å². The van der Waals surface area contributed by atoms with Crippen molar-refractivity contribution in [1.29, 1.82) is 0 Å². The largest absolute Gasteiger partial charge is 0.327 e. The monoisotopic (exact) mass is 264 g/mol. The van der Waals surface area contributed by atoms with E-state index in [2.05, 4.69) is 9.97 Å². The fourth-order valence-electron chi connectivity index (χ4n) is 2.43. The van der Waals surface area contributed by atoms with Crippen LogP contribution in [0.5, 0.6) is 0 Å². The van der Waals surface area contributed by atoms with Gasteiger partial charge in [-0.25, -0.2) is 9.78 Å². The van der Waals surface area contributed by atoms with Crippen molar-refractivity contribution >= 4 is 11.2 Å². The van der Waals surface area contributed by atoms with Crippen LogP contribution in [0.1, 0.15) is 32.7 Å². The Labute approximate surface area is 111 Å². The van der Waals surface area contributed by atoms with E-state index in [1.54, 1.807) is 10.8 Å². The van der Waals surface area contributed by atoms with Crippen molar-refractivity contribution in [3.05, 3.63) is 28.8 Å². The Morgan fingerprint density at radius 2 is 2.05 bits per heavy atom. The molecule has 1 aliphatic rings. The smallest absolute Gasteiger partial charge is 0.314 e. The van der Waals surface area contributed by atoms with Gasteiger partial charge >= 0.3 is 5.69 Å². The van der Waals surface area contributed by atoms with E-state index in [1.807, 2.05) is 26.0 Å². The lowest BCUT2D eigenvalue weighted by Gasteiger charge is -2.28. The first kappa shape index (κ1) is 13.8. The number of hydrogen-bond donors (Lipinski definition) is 2. The van der Waals surface area contributed by atoms with Gasteiger partial charge in [-0.1, -0.05) is 13.8 Å². The van der Waals surface area contributed by atoms with Crippen molar-refractivity contribution in [2.24, 2.45) is 0 Å². The van der Waals surface area contributed by atoms with Gasteiger partial charge in [0.25, 0.3) is 0 Å². The first-order valence-electron chi connectivity index (χ1n) is 6.75. The molecule has 0 bridgehead atoms. The topological polar surface area (TPSA) is 74.2 Å². The zero-order chi connectivity index (χ0) is 13.8. The molecule has 104 valence electrons. The molecule has 0 atom stereocenters. The summed E-state index contributed by atoms with van der Waals surface area (Å²) in [5.41, 5.74) is 1.35. The standard InChI is InChI=1S/C11H14N4O2.C2H6/c16-11-13-10-9(2-1-5-12-10)15(11)8-3-6-14(17)7-4-8;1-2/h1-2,5,8,17H,3-4,6-7H2,(H,12,13,16);1-2H3. The molecule has 2 aromatic heterocycles. The van der Waals surface area contributed by atoms with E-state index in [4.69, 9.17) is 0 Å². The molecule has 3 heterocycles. The Hall–Kier alpha value is -1.66. The van der Waals surface area contributed by atoms with Crippen LogP contribution in [-0.2, 0) is 0 Å². The summed E-state index contributed by atoms with van der Waals surface area (Å²) in [5, 5.41) is 10.6. The fourth-order valence-corrected chi connectivity index (χ4v) is 2.43. The second-order valence-corrected chi connectivity index (χ2v) is 4.36. The predicted molar refractivity (Wildman–Crippen MR) is 73.3 cm³/mol. The molecule has 2 N–H and O–H groups in total. The zero-order valence-corrected chi connectivity index (χ0v) is 11.3. The van der Waals surface area contributed by atoms with Crippen LogP contribution in [0.4, 0.5) is 0 Å². The molecule has 6 nitrogen and oxygen atoms in total. The average molecular weight is 264 g/mol. The van der Waals surface area contributed by atoms with Gasteiger partial charge in [-0.05, 0) is 25.0 Å². The van der Waals surface area contributed by atoms with Gasteiger partial charge in [0.15, 0.2) is 5.65 Å². The van der Waals surface area contributed by atoms with Crippen LogP contribution < -0.4 is 5.69 Å². The molecule has 1 fully saturated rings. The molecule has 3 rings (SSSR count). The lowest BCUT2D eigenvalue weighted by Crippen LogP contribution is -2.34. The predicted octanol–water partition coefficient (Wildman–Crippen LogP) is 1.78. The molecule has 0 unspecified atom stereocenters. The number of piperidine rings is 1. The Kier molecular flexibility index (Phi) is 4.34. The van der Waals surface area contributed by atoms with Crippen LogP contribution in [0.2, 0.25) is 0 Å². The normalized spacial score (nSPS) is 17.2. The minimum Gasteiger partial charge on any atom is -0.314 e. The average Bonchev–Trinajstić information content (AvgIpc) is 2.78. The van der Waals surface area contributed by atoms with Gasteiger partial charge in [0.2, 0.25) is 0 Å². The van der Waals surface area contributed by atoms with E-state index in [0.717, 1.165) is 18.4 Å². The number of pyridine rings is 1. The molecule has 1 aliphatic heterocycles. The maximum atomic E-state index is 11.9. The molecular formula is C13H20N4O2. The minimum absolute atomic E-state index is 0.116. The fraction of sp³-hybridized carbons (Fsp3) is 0.538. The molecule has 2 aromatic rings. The molecule has 19 heavy (non-hydrogen) atoms. The third-order valence-electron chi connectivity index (χ3n) is 3.30. The van der Waals surface area contributed by atoms with E-state index < -0.39 is 0 Å². The lowest BCUT2D eigenvalue weighted by molar-refractivity contribution is -0.110. The summed E-state index contributed by atoms with van der Waals surface area (Å²) in [6, 6.07) is 3.86. The van der Waals surface area contributed by atoms with E-state index >= 15 is 0 Å². The Balaban J connectivity index is 0.000000637. The molecule has 6 heteroatoms. The number of nitrogens with one attached hydrogen (secondary N) is 1. The number of hydroxylamine groups is 2. The van der Waals surface area contributed by atoms with Gasteiger partial charge in [0.05, 0.1) is 5.52 Å². The van der Waals surface area contributed by atoms with E-state index in [-0.39, 0.29) is 11.7 Å². The third-order valence-corrected chi connectivity index (χ3v) is 3.30. The van der Waals surface area contributed by atoms with Gasteiger partial charge < -0.3 is 5.21 Å². The lowest BCUT2D eigenvalue weighted by atomic mass is 10.1. The van der Waals surface area contributed by atoms with Gasteiger partial charge in [0.1, 0.15) is 0 Å². The number of nitrogens with zero attached hydrogens (tertiary/aromatic N) is 3. The number of H-pyrrole nitrogens is 1. The van der Waals surface area contributed by atoms with Crippen LogP contribution in [0.15, 0.2) is 23.1 Å². The van der Waals surface area contributed by atoms with Crippen LogP contribution >= 0.6 is 0 Å². The number of imidazole rings is 1. The highest BCUT2D eigenvalue weighted by molar-refractivity contribution is 5.70. The molecule has 0 amide bonds. The second-order valence-electron chi connectivity index (χ2n) is 4.36. The van der Waals surface area contributed by atoms with Gasteiger partial charge in [-0.2, -0.15) is 5.06 Å². The van der Waals surface area contributed by atoms with Crippen LogP contribution in [0, 0.1) is 0 Å². The van der Waals surface area contributed by atoms with Crippen molar-refractivity contribution in [3.8, 4) is 0 Å². The summed E-state index contributed by atoms with van der Waals surface area (Å²) < 4.78 is 1.76. The van der Waals surface area contributed by atoms with Gasteiger partial charge in [-0.15, -0.1) is 0 Å². The summed E-state index contributed by atoms with van der Waals surface area (Å²) in [6.45, 7) is 5.20. The number of rotatable bonds is 1. The van der Waals surface area contributed by atoms with Crippen LogP contribution in [0.25, 0.3) is 11.2 Å². The maximum Gasteiger partial charge on any atom is 0.327 e. The maximum absolute atomic E-state index is 11.9. The highest BCUT2D eigenvalue weighted by Gasteiger charge is 2.22. The molecule has 0 aliphatic carbocycles. The molecular weight excluding hydrogens is 244 g/mol. The van der Waals surface area contributed by atoms with Crippen molar-refractivity contribution in [1.82, 2.24) is 19.6 Å². The van der Waals surface area contributed by atoms with Crippen molar-refractivity contribution < 1.29 is 5.21 Å². The van der Waals surface area contributed by atoms with Crippen molar-refractivity contribution in [2.45, 2.75) is 32.7 Å². The van der Waals surface area contributed by atoms with E-state index in [9.17, 15) is 10.0 Å². The second kappa shape index (κ2) is 5.99. The SMILES string of the molecule is CC.O=c1[nH]c2ncccc2n1C1CCN(O)CC1. The van der Waals surface area contributed by atoms with Gasteiger partial charge in [-0.3, -0.25) is 9.55 Å². The van der Waals surface area contributed by atoms with Crippen LogP contribution in [-0.4, -0.2) is 37.9 Å². The molecule has 0 radical (unpaired) electrons. The summed E-state index contributed by atoms with van der Waals surface area (Å²) >= 11 is 0. The zero-order valence-electron chi connectivity index (χ0n) is 11.3. The molecule has 0 aromatic carbocycles. The highest BCUT2D eigenvalue weighted by Crippen LogP contribution is 2.23. The Bertz CT molecular complexity index is 582. The van der Waals surface area contributed by atoms with Crippen LogP contribution in [0.3, 0.4) is 0 Å². The van der Waals surface area contributed by atoms with Gasteiger partial charge in [0, 0.05) is 25.3 Å². The summed E-state index contributed by atoms with van der Waals surface area (Å²) in [4.78, 5) is 18.8. The summed E-state index contributed by atoms with van der Waals surface area (Å²) in [7, 11) is 0. The first-order valence-corrected chi connectivity index (χ1v) is 6.75. The Morgan fingerprint density at radius 1 is 1.37 bits per heavy atom. The van der Waals surface area contributed by atoms with Crippen molar-refractivity contribution in [2.75, 3.05) is 13.1 Å².